The number of carbonyl (C=O) groups is 1. The molecule has 1 saturated heterocycles. The molecule has 0 unspecified atom stereocenters. The fraction of sp³-hybridized carbons (Fsp3) is 0.444. The van der Waals surface area contributed by atoms with E-state index < -0.39 is 0 Å². The molecule has 6 heteroatoms. The summed E-state index contributed by atoms with van der Waals surface area (Å²) in [6, 6.07) is 5.91. The van der Waals surface area contributed by atoms with E-state index in [4.69, 9.17) is 0 Å². The molecule has 3 rings (SSSR count). The first-order chi connectivity index (χ1) is 11.6. The first-order valence-electron chi connectivity index (χ1n) is 8.33. The number of amides is 1. The first-order valence-corrected chi connectivity index (χ1v) is 8.33. The number of hydrogen-bond donors (Lipinski definition) is 1. The number of pyridine rings is 1. The van der Waals surface area contributed by atoms with Gasteiger partial charge in [-0.05, 0) is 50.8 Å². The van der Waals surface area contributed by atoms with Crippen molar-refractivity contribution >= 4 is 5.91 Å². The van der Waals surface area contributed by atoms with Crippen LogP contribution in [0.5, 0.6) is 0 Å². The van der Waals surface area contributed by atoms with Gasteiger partial charge in [0.2, 0.25) is 5.91 Å². The molecule has 2 aromatic rings. The van der Waals surface area contributed by atoms with Gasteiger partial charge in [-0.15, -0.1) is 0 Å². The predicted molar refractivity (Wildman–Crippen MR) is 90.6 cm³/mol. The topological polar surface area (TPSA) is 79.0 Å². The minimum atomic E-state index is -0.338. The Balaban J connectivity index is 1.70. The van der Waals surface area contributed by atoms with Gasteiger partial charge in [0.05, 0.1) is 11.7 Å². The van der Waals surface area contributed by atoms with E-state index >= 15 is 0 Å². The highest BCUT2D eigenvalue weighted by Gasteiger charge is 2.30. The molecule has 0 spiro atoms. The van der Waals surface area contributed by atoms with Crippen LogP contribution in [0.15, 0.2) is 29.2 Å². The van der Waals surface area contributed by atoms with Gasteiger partial charge >= 0.3 is 5.69 Å². The van der Waals surface area contributed by atoms with Gasteiger partial charge in [0, 0.05) is 30.6 Å². The van der Waals surface area contributed by atoms with Crippen molar-refractivity contribution in [2.45, 2.75) is 45.6 Å². The summed E-state index contributed by atoms with van der Waals surface area (Å²) in [5, 5.41) is 0. The average Bonchev–Trinajstić information content (AvgIpc) is 3.04. The van der Waals surface area contributed by atoms with Crippen LogP contribution in [0, 0.1) is 13.8 Å². The maximum atomic E-state index is 12.7. The first kappa shape index (κ1) is 16.4. The molecule has 126 valence electrons. The molecule has 3 heterocycles. The fourth-order valence-corrected chi connectivity index (χ4v) is 3.44. The molecule has 1 aliphatic heterocycles. The van der Waals surface area contributed by atoms with Crippen LogP contribution in [0.25, 0.3) is 0 Å². The lowest BCUT2D eigenvalue weighted by Gasteiger charge is -2.24. The molecule has 0 bridgehead atoms. The molecule has 24 heavy (non-hydrogen) atoms. The van der Waals surface area contributed by atoms with Crippen molar-refractivity contribution in [2.75, 3.05) is 6.54 Å². The third-order valence-corrected chi connectivity index (χ3v) is 4.64. The number of H-pyrrole nitrogens is 1. The Labute approximate surface area is 141 Å². The van der Waals surface area contributed by atoms with Crippen molar-refractivity contribution in [3.05, 3.63) is 57.5 Å². The number of aryl methyl sites for hydroxylation is 2. The van der Waals surface area contributed by atoms with Crippen LogP contribution in [0.1, 0.15) is 47.9 Å². The van der Waals surface area contributed by atoms with E-state index in [-0.39, 0.29) is 17.6 Å². The lowest BCUT2D eigenvalue weighted by atomic mass is 10.1. The zero-order valence-corrected chi connectivity index (χ0v) is 14.1. The monoisotopic (exact) mass is 326 g/mol. The van der Waals surface area contributed by atoms with Crippen LogP contribution in [0.3, 0.4) is 0 Å². The SMILES string of the molecule is Cc1nc(=O)[nH]c(C)c1CCC(=O)N1CCC[C@H]1c1ccccn1. The normalized spacial score (nSPS) is 17.2. The van der Waals surface area contributed by atoms with Crippen molar-refractivity contribution in [3.63, 3.8) is 0 Å². The van der Waals surface area contributed by atoms with Gasteiger partial charge in [-0.25, -0.2) is 4.79 Å². The van der Waals surface area contributed by atoms with Crippen LogP contribution in [0.2, 0.25) is 0 Å². The minimum absolute atomic E-state index is 0.0783. The lowest BCUT2D eigenvalue weighted by Crippen LogP contribution is -2.31. The van der Waals surface area contributed by atoms with E-state index in [1.165, 1.54) is 0 Å². The Hall–Kier alpha value is -2.50. The van der Waals surface area contributed by atoms with Crippen LogP contribution < -0.4 is 5.69 Å². The quantitative estimate of drug-likeness (QED) is 0.933. The van der Waals surface area contributed by atoms with Crippen molar-refractivity contribution in [2.24, 2.45) is 0 Å². The molecule has 1 fully saturated rings. The zero-order chi connectivity index (χ0) is 17.1. The number of carbonyl (C=O) groups excluding carboxylic acids is 1. The maximum absolute atomic E-state index is 12.7. The Morgan fingerprint density at radius 1 is 1.38 bits per heavy atom. The van der Waals surface area contributed by atoms with Crippen LogP contribution >= 0.6 is 0 Å². The minimum Gasteiger partial charge on any atom is -0.334 e. The van der Waals surface area contributed by atoms with Gasteiger partial charge in [0.25, 0.3) is 0 Å². The molecule has 6 nitrogen and oxygen atoms in total. The molecular formula is C18H22N4O2. The Morgan fingerprint density at radius 2 is 2.21 bits per heavy atom. The van der Waals surface area contributed by atoms with Crippen LogP contribution in [0.4, 0.5) is 0 Å². The van der Waals surface area contributed by atoms with Crippen LogP contribution in [-0.2, 0) is 11.2 Å². The molecule has 0 aliphatic carbocycles. The Kier molecular flexibility index (Phi) is 4.74. The molecular weight excluding hydrogens is 304 g/mol. The summed E-state index contributed by atoms with van der Waals surface area (Å²) in [7, 11) is 0. The summed E-state index contributed by atoms with van der Waals surface area (Å²) in [4.78, 5) is 37.0. The largest absolute Gasteiger partial charge is 0.345 e. The number of likely N-dealkylation sites (tertiary alicyclic amines) is 1. The van der Waals surface area contributed by atoms with Crippen LogP contribution in [-0.4, -0.2) is 32.3 Å². The summed E-state index contributed by atoms with van der Waals surface area (Å²) in [5.41, 5.74) is 3.07. The molecule has 1 N–H and O–H groups in total. The molecule has 0 radical (unpaired) electrons. The summed E-state index contributed by atoms with van der Waals surface area (Å²) in [6.45, 7) is 4.44. The number of aromatic nitrogens is 3. The second kappa shape index (κ2) is 6.95. The van der Waals surface area contributed by atoms with Gasteiger partial charge in [-0.1, -0.05) is 6.07 Å². The smallest absolute Gasteiger partial charge is 0.334 e. The highest BCUT2D eigenvalue weighted by molar-refractivity contribution is 5.77. The molecule has 1 atom stereocenters. The number of nitrogens with zero attached hydrogens (tertiary/aromatic N) is 3. The van der Waals surface area contributed by atoms with Gasteiger partial charge in [-0.2, -0.15) is 4.98 Å². The van der Waals surface area contributed by atoms with Gasteiger partial charge < -0.3 is 9.88 Å². The molecule has 1 amide bonds. The number of hydrogen-bond acceptors (Lipinski definition) is 4. The summed E-state index contributed by atoms with van der Waals surface area (Å²) in [5.74, 6) is 0.133. The Bertz CT molecular complexity index is 759. The second-order valence-electron chi connectivity index (χ2n) is 6.23. The van der Waals surface area contributed by atoms with Gasteiger partial charge in [0.15, 0.2) is 0 Å². The molecule has 2 aromatic heterocycles. The number of rotatable bonds is 4. The zero-order valence-electron chi connectivity index (χ0n) is 14.1. The van der Waals surface area contributed by atoms with Crippen molar-refractivity contribution in [1.82, 2.24) is 19.9 Å². The Morgan fingerprint density at radius 3 is 2.92 bits per heavy atom. The maximum Gasteiger partial charge on any atom is 0.345 e. The van der Waals surface area contributed by atoms with Crippen molar-refractivity contribution in [3.8, 4) is 0 Å². The summed E-state index contributed by atoms with van der Waals surface area (Å²) < 4.78 is 0. The van der Waals surface area contributed by atoms with E-state index in [2.05, 4.69) is 15.0 Å². The summed E-state index contributed by atoms with van der Waals surface area (Å²) >= 11 is 0. The van der Waals surface area contributed by atoms with E-state index in [0.717, 1.165) is 36.3 Å². The van der Waals surface area contributed by atoms with Crippen molar-refractivity contribution < 1.29 is 4.79 Å². The fourth-order valence-electron chi connectivity index (χ4n) is 3.44. The third kappa shape index (κ3) is 3.37. The third-order valence-electron chi connectivity index (χ3n) is 4.64. The van der Waals surface area contributed by atoms with E-state index in [0.29, 0.717) is 18.5 Å². The molecule has 0 saturated carbocycles. The number of nitrogens with one attached hydrogen (secondary N) is 1. The average molecular weight is 326 g/mol. The van der Waals surface area contributed by atoms with Gasteiger partial charge in [-0.3, -0.25) is 9.78 Å². The highest BCUT2D eigenvalue weighted by atomic mass is 16.2. The van der Waals surface area contributed by atoms with Gasteiger partial charge in [0.1, 0.15) is 0 Å². The summed E-state index contributed by atoms with van der Waals surface area (Å²) in [6.07, 6.45) is 4.74. The van der Waals surface area contributed by atoms with E-state index in [1.54, 1.807) is 6.20 Å². The van der Waals surface area contributed by atoms with E-state index in [9.17, 15) is 9.59 Å². The highest BCUT2D eigenvalue weighted by Crippen LogP contribution is 2.31. The lowest BCUT2D eigenvalue weighted by molar-refractivity contribution is -0.132. The molecule has 0 aromatic carbocycles. The van der Waals surface area contributed by atoms with E-state index in [1.807, 2.05) is 36.9 Å². The second-order valence-corrected chi connectivity index (χ2v) is 6.23. The standard InChI is InChI=1S/C18H22N4O2/c1-12-14(13(2)21-18(24)20-12)8-9-17(23)22-11-5-7-16(22)15-6-3-4-10-19-15/h3-4,6,10,16H,5,7-9,11H2,1-2H3,(H,20,21,24)/t16-/m0/s1. The number of aromatic amines is 1. The van der Waals surface area contributed by atoms with Crippen molar-refractivity contribution in [1.29, 1.82) is 0 Å². The molecule has 1 aliphatic rings. The predicted octanol–water partition coefficient (Wildman–Crippen LogP) is 2.08.